The molecule has 4 rings (SSSR count). The highest BCUT2D eigenvalue weighted by molar-refractivity contribution is 5.80. The molecule has 7 heteroatoms. The van der Waals surface area contributed by atoms with Gasteiger partial charge in [-0.3, -0.25) is 0 Å². The van der Waals surface area contributed by atoms with Crippen molar-refractivity contribution in [1.82, 2.24) is 15.6 Å². The number of oxazole rings is 1. The van der Waals surface area contributed by atoms with Crippen LogP contribution in [0.15, 0.2) is 62.7 Å². The number of benzene rings is 1. The molecule has 0 saturated heterocycles. The van der Waals surface area contributed by atoms with Gasteiger partial charge in [-0.25, -0.2) is 9.98 Å². The molecule has 0 fully saturated rings. The van der Waals surface area contributed by atoms with Crippen molar-refractivity contribution in [2.24, 2.45) is 4.99 Å². The molecule has 31 heavy (non-hydrogen) atoms. The number of guanidine groups is 1. The largest absolute Gasteiger partial charge is 0.493 e. The summed E-state index contributed by atoms with van der Waals surface area (Å²) in [6.45, 7) is 8.04. The molecule has 0 bridgehead atoms. The van der Waals surface area contributed by atoms with E-state index in [4.69, 9.17) is 18.6 Å². The molecular weight excluding hydrogens is 392 g/mol. The Morgan fingerprint density at radius 1 is 1.19 bits per heavy atom. The van der Waals surface area contributed by atoms with Crippen LogP contribution in [0.5, 0.6) is 5.75 Å². The number of furan rings is 1. The predicted octanol–water partition coefficient (Wildman–Crippen LogP) is 4.37. The third-order valence-corrected chi connectivity index (χ3v) is 5.18. The highest BCUT2D eigenvalue weighted by atomic mass is 16.5. The number of ether oxygens (including phenoxy) is 1. The lowest BCUT2D eigenvalue weighted by Gasteiger charge is -2.28. The highest BCUT2D eigenvalue weighted by Crippen LogP contribution is 2.31. The topological polar surface area (TPSA) is 84.8 Å². The van der Waals surface area contributed by atoms with E-state index in [0.29, 0.717) is 31.5 Å². The highest BCUT2D eigenvalue weighted by Gasteiger charge is 2.22. The van der Waals surface area contributed by atoms with E-state index in [-0.39, 0.29) is 11.5 Å². The maximum Gasteiger partial charge on any atom is 0.216 e. The minimum Gasteiger partial charge on any atom is -0.493 e. The zero-order valence-corrected chi connectivity index (χ0v) is 18.4. The van der Waals surface area contributed by atoms with Crippen LogP contribution >= 0.6 is 0 Å². The fraction of sp³-hybridized carbons (Fsp3) is 0.417. The quantitative estimate of drug-likeness (QED) is 0.453. The number of aliphatic imine (C=N–C) groups is 1. The van der Waals surface area contributed by atoms with Crippen molar-refractivity contribution in [3.8, 4) is 5.75 Å². The van der Waals surface area contributed by atoms with Crippen LogP contribution in [-0.2, 0) is 18.4 Å². The smallest absolute Gasteiger partial charge is 0.216 e. The van der Waals surface area contributed by atoms with E-state index in [1.54, 1.807) is 12.5 Å². The van der Waals surface area contributed by atoms with E-state index in [2.05, 4.69) is 42.5 Å². The van der Waals surface area contributed by atoms with E-state index in [1.807, 2.05) is 30.3 Å². The molecule has 1 aromatic carbocycles. The van der Waals surface area contributed by atoms with Gasteiger partial charge in [0, 0.05) is 30.4 Å². The zero-order valence-electron chi connectivity index (χ0n) is 18.4. The Balaban J connectivity index is 1.47. The minimum absolute atomic E-state index is 0.0802. The maximum absolute atomic E-state index is 5.90. The summed E-state index contributed by atoms with van der Waals surface area (Å²) in [6.07, 6.45) is 5.11. The Labute approximate surface area is 182 Å². The van der Waals surface area contributed by atoms with Crippen LogP contribution in [0.2, 0.25) is 0 Å². The van der Waals surface area contributed by atoms with Crippen molar-refractivity contribution in [2.45, 2.75) is 51.6 Å². The number of rotatable bonds is 6. The minimum atomic E-state index is -0.0802. The first-order valence-electron chi connectivity index (χ1n) is 10.7. The molecule has 1 aliphatic heterocycles. The molecule has 0 spiro atoms. The molecule has 1 unspecified atom stereocenters. The molecule has 0 amide bonds. The van der Waals surface area contributed by atoms with Crippen molar-refractivity contribution in [1.29, 1.82) is 0 Å². The number of hydrogen-bond acceptors (Lipinski definition) is 5. The average molecular weight is 423 g/mol. The van der Waals surface area contributed by atoms with Crippen LogP contribution in [-0.4, -0.2) is 24.1 Å². The molecule has 7 nitrogen and oxygen atoms in total. The number of nitrogens with zero attached hydrogens (tertiary/aromatic N) is 2. The van der Waals surface area contributed by atoms with Crippen LogP contribution in [0.3, 0.4) is 0 Å². The molecule has 0 aliphatic carbocycles. The van der Waals surface area contributed by atoms with Crippen molar-refractivity contribution in [3.05, 3.63) is 71.8 Å². The Morgan fingerprint density at radius 3 is 2.84 bits per heavy atom. The first kappa shape index (κ1) is 21.0. The zero-order chi connectivity index (χ0) is 21.7. The average Bonchev–Trinajstić information content (AvgIpc) is 3.44. The van der Waals surface area contributed by atoms with Gasteiger partial charge in [0.1, 0.15) is 23.8 Å². The van der Waals surface area contributed by atoms with Crippen molar-refractivity contribution < 1.29 is 13.6 Å². The van der Waals surface area contributed by atoms with Crippen molar-refractivity contribution in [2.75, 3.05) is 13.2 Å². The summed E-state index contributed by atoms with van der Waals surface area (Å²) in [5.74, 6) is 4.03. The third-order valence-electron chi connectivity index (χ3n) is 5.18. The number of nitrogens with one attached hydrogen (secondary N) is 2. The number of hydrogen-bond donors (Lipinski definition) is 2. The molecule has 2 aromatic heterocycles. The SMILES string of the molecule is CC(C)(C)c1cnc(CN=C(NCCc2ccco2)NC2CCOc3ccccc32)o1. The first-order valence-corrected chi connectivity index (χ1v) is 10.7. The van der Waals surface area contributed by atoms with Gasteiger partial charge in [-0.15, -0.1) is 0 Å². The summed E-state index contributed by atoms with van der Waals surface area (Å²) >= 11 is 0. The third kappa shape index (κ3) is 5.48. The van der Waals surface area contributed by atoms with E-state index in [0.717, 1.165) is 35.7 Å². The second kappa shape index (κ2) is 9.29. The van der Waals surface area contributed by atoms with Crippen molar-refractivity contribution >= 4 is 5.96 Å². The van der Waals surface area contributed by atoms with Gasteiger partial charge in [0.15, 0.2) is 5.96 Å². The Morgan fingerprint density at radius 2 is 2.06 bits per heavy atom. The van der Waals surface area contributed by atoms with Gasteiger partial charge in [-0.2, -0.15) is 0 Å². The molecule has 0 saturated carbocycles. The predicted molar refractivity (Wildman–Crippen MR) is 119 cm³/mol. The van der Waals surface area contributed by atoms with E-state index < -0.39 is 0 Å². The van der Waals surface area contributed by atoms with Gasteiger partial charge < -0.3 is 24.2 Å². The van der Waals surface area contributed by atoms with Crippen LogP contribution in [0.1, 0.15) is 56.2 Å². The summed E-state index contributed by atoms with van der Waals surface area (Å²) in [7, 11) is 0. The second-order valence-electron chi connectivity index (χ2n) is 8.66. The van der Waals surface area contributed by atoms with Gasteiger partial charge in [0.05, 0.1) is 25.1 Å². The van der Waals surface area contributed by atoms with Crippen LogP contribution < -0.4 is 15.4 Å². The molecule has 3 heterocycles. The Hall–Kier alpha value is -3.22. The van der Waals surface area contributed by atoms with Crippen LogP contribution in [0.25, 0.3) is 0 Å². The van der Waals surface area contributed by atoms with Gasteiger partial charge >= 0.3 is 0 Å². The molecule has 1 atom stereocenters. The van der Waals surface area contributed by atoms with E-state index in [9.17, 15) is 0 Å². The normalized spacial score (nSPS) is 16.5. The summed E-state index contributed by atoms with van der Waals surface area (Å²) < 4.78 is 17.1. The van der Waals surface area contributed by atoms with Crippen LogP contribution in [0.4, 0.5) is 0 Å². The monoisotopic (exact) mass is 422 g/mol. The molecule has 1 aliphatic rings. The summed E-state index contributed by atoms with van der Waals surface area (Å²) in [5, 5.41) is 6.97. The van der Waals surface area contributed by atoms with Gasteiger partial charge in [-0.05, 0) is 18.2 Å². The van der Waals surface area contributed by atoms with E-state index >= 15 is 0 Å². The number of aromatic nitrogens is 1. The standard InChI is InChI=1S/C24H30N4O3/c1-24(2,3)21-15-26-22(31-21)16-27-23(25-12-10-17-7-6-13-29-17)28-19-11-14-30-20-9-5-4-8-18(19)20/h4-9,13,15,19H,10-12,14,16H2,1-3H3,(H2,25,27,28). The lowest BCUT2D eigenvalue weighted by atomic mass is 9.94. The second-order valence-corrected chi connectivity index (χ2v) is 8.66. The van der Waals surface area contributed by atoms with Gasteiger partial charge in [-0.1, -0.05) is 39.0 Å². The fourth-order valence-corrected chi connectivity index (χ4v) is 3.45. The Kier molecular flexibility index (Phi) is 6.30. The molecule has 164 valence electrons. The summed E-state index contributed by atoms with van der Waals surface area (Å²) in [6, 6.07) is 12.1. The van der Waals surface area contributed by atoms with Crippen LogP contribution in [0, 0.1) is 0 Å². The lowest BCUT2D eigenvalue weighted by Crippen LogP contribution is -2.41. The van der Waals surface area contributed by atoms with E-state index in [1.165, 1.54) is 0 Å². The first-order chi connectivity index (χ1) is 15.0. The lowest BCUT2D eigenvalue weighted by molar-refractivity contribution is 0.261. The summed E-state index contributed by atoms with van der Waals surface area (Å²) in [4.78, 5) is 9.14. The summed E-state index contributed by atoms with van der Waals surface area (Å²) in [5.41, 5.74) is 1.06. The fourth-order valence-electron chi connectivity index (χ4n) is 3.45. The number of para-hydroxylation sites is 1. The van der Waals surface area contributed by atoms with Gasteiger partial charge in [0.25, 0.3) is 0 Å². The Bertz CT molecular complexity index is 1000. The molecular formula is C24H30N4O3. The maximum atomic E-state index is 5.90. The molecule has 3 aromatic rings. The van der Waals surface area contributed by atoms with Crippen molar-refractivity contribution in [3.63, 3.8) is 0 Å². The van der Waals surface area contributed by atoms with Gasteiger partial charge in [0.2, 0.25) is 5.89 Å². The molecule has 2 N–H and O–H groups in total. The number of fused-ring (bicyclic) bond motifs is 1. The molecule has 0 radical (unpaired) electrons.